The first kappa shape index (κ1) is 13.9. The lowest BCUT2D eigenvalue weighted by molar-refractivity contribution is -0.0711. The summed E-state index contributed by atoms with van der Waals surface area (Å²) >= 11 is 0. The van der Waals surface area contributed by atoms with Crippen molar-refractivity contribution < 1.29 is 9.47 Å². The van der Waals surface area contributed by atoms with Gasteiger partial charge in [0.1, 0.15) is 0 Å². The molecule has 18 heavy (non-hydrogen) atoms. The molecule has 0 amide bonds. The third kappa shape index (κ3) is 2.72. The van der Waals surface area contributed by atoms with Gasteiger partial charge in [0, 0.05) is 7.11 Å². The zero-order valence-electron chi connectivity index (χ0n) is 12.0. The summed E-state index contributed by atoms with van der Waals surface area (Å²) in [6.45, 7) is 3.20. The van der Waals surface area contributed by atoms with E-state index in [1.165, 1.54) is 18.4 Å². The van der Waals surface area contributed by atoms with E-state index in [9.17, 15) is 0 Å². The average Bonchev–Trinajstić information content (AvgIpc) is 2.41. The average molecular weight is 253 g/mol. The van der Waals surface area contributed by atoms with Crippen LogP contribution in [0.4, 0.5) is 0 Å². The number of rotatable bonds is 4. The van der Waals surface area contributed by atoms with Crippen LogP contribution in [0.3, 0.4) is 0 Å². The highest BCUT2D eigenvalue weighted by atomic mass is 16.5. The van der Waals surface area contributed by atoms with Crippen molar-refractivity contribution in [3.05, 3.63) is 11.8 Å². The minimum absolute atomic E-state index is 0.0427. The first-order valence-electron chi connectivity index (χ1n) is 7.25. The standard InChI is InChI=1S/C15H27NO2/c1-12-6-4-8-15(10-12,17-3)14(16-2)13-7-5-9-18-11-13/h11-12,14,16H,4-10H2,1-3H3. The summed E-state index contributed by atoms with van der Waals surface area (Å²) < 4.78 is 11.5. The number of ether oxygens (including phenoxy) is 2. The Morgan fingerprint density at radius 3 is 2.89 bits per heavy atom. The van der Waals surface area contributed by atoms with Crippen LogP contribution in [0, 0.1) is 5.92 Å². The van der Waals surface area contributed by atoms with Crippen LogP contribution in [-0.4, -0.2) is 32.4 Å². The molecule has 2 rings (SSSR count). The van der Waals surface area contributed by atoms with Crippen molar-refractivity contribution in [3.63, 3.8) is 0 Å². The summed E-state index contributed by atoms with van der Waals surface area (Å²) in [4.78, 5) is 0. The van der Waals surface area contributed by atoms with Gasteiger partial charge < -0.3 is 14.8 Å². The van der Waals surface area contributed by atoms with E-state index in [0.717, 1.165) is 38.2 Å². The topological polar surface area (TPSA) is 30.5 Å². The SMILES string of the molecule is CNC(C1=COCCC1)C1(OC)CCCC(C)C1. The van der Waals surface area contributed by atoms with Crippen molar-refractivity contribution in [2.24, 2.45) is 5.92 Å². The summed E-state index contributed by atoms with van der Waals surface area (Å²) in [7, 11) is 3.91. The van der Waals surface area contributed by atoms with Crippen LogP contribution in [0.1, 0.15) is 45.4 Å². The van der Waals surface area contributed by atoms with Crippen LogP contribution in [0.25, 0.3) is 0 Å². The highest BCUT2D eigenvalue weighted by Gasteiger charge is 2.43. The van der Waals surface area contributed by atoms with Gasteiger partial charge in [0.25, 0.3) is 0 Å². The number of methoxy groups -OCH3 is 1. The molecule has 0 radical (unpaired) electrons. The van der Waals surface area contributed by atoms with Crippen LogP contribution in [-0.2, 0) is 9.47 Å². The van der Waals surface area contributed by atoms with Crippen LogP contribution < -0.4 is 5.32 Å². The van der Waals surface area contributed by atoms with E-state index in [0.29, 0.717) is 6.04 Å². The van der Waals surface area contributed by atoms with E-state index < -0.39 is 0 Å². The van der Waals surface area contributed by atoms with Crippen LogP contribution in [0.2, 0.25) is 0 Å². The van der Waals surface area contributed by atoms with Crippen molar-refractivity contribution in [2.75, 3.05) is 20.8 Å². The van der Waals surface area contributed by atoms with Gasteiger partial charge in [0.2, 0.25) is 0 Å². The Balaban J connectivity index is 2.19. The molecule has 3 atom stereocenters. The van der Waals surface area contributed by atoms with Gasteiger partial charge in [0.15, 0.2) is 0 Å². The van der Waals surface area contributed by atoms with Gasteiger partial charge >= 0.3 is 0 Å². The summed E-state index contributed by atoms with van der Waals surface area (Å²) in [6, 6.07) is 0.297. The largest absolute Gasteiger partial charge is 0.501 e. The molecular weight excluding hydrogens is 226 g/mol. The molecule has 2 aliphatic rings. The Morgan fingerprint density at radius 1 is 1.50 bits per heavy atom. The monoisotopic (exact) mass is 253 g/mol. The molecule has 3 unspecified atom stereocenters. The maximum Gasteiger partial charge on any atom is 0.0876 e. The summed E-state index contributed by atoms with van der Waals surface area (Å²) in [6.07, 6.45) is 9.11. The first-order valence-corrected chi connectivity index (χ1v) is 7.25. The molecule has 1 aliphatic carbocycles. The van der Waals surface area contributed by atoms with Crippen molar-refractivity contribution in [1.29, 1.82) is 0 Å². The molecule has 0 bridgehead atoms. The maximum absolute atomic E-state index is 6.00. The molecule has 0 spiro atoms. The molecule has 1 N–H and O–H groups in total. The molecule has 3 heteroatoms. The van der Waals surface area contributed by atoms with Crippen molar-refractivity contribution in [2.45, 2.75) is 57.1 Å². The lowest BCUT2D eigenvalue weighted by Crippen LogP contribution is -2.54. The second kappa shape index (κ2) is 6.07. The zero-order valence-corrected chi connectivity index (χ0v) is 12.0. The van der Waals surface area contributed by atoms with Gasteiger partial charge in [-0.25, -0.2) is 0 Å². The molecule has 0 aromatic rings. The van der Waals surface area contributed by atoms with Crippen molar-refractivity contribution in [3.8, 4) is 0 Å². The van der Waals surface area contributed by atoms with Gasteiger partial charge in [-0.2, -0.15) is 0 Å². The minimum atomic E-state index is -0.0427. The van der Waals surface area contributed by atoms with Gasteiger partial charge in [-0.3, -0.25) is 0 Å². The maximum atomic E-state index is 6.00. The third-order valence-electron chi connectivity index (χ3n) is 4.55. The Labute approximate surface area is 111 Å². The normalized spacial score (nSPS) is 34.6. The molecule has 0 aromatic carbocycles. The lowest BCUT2D eigenvalue weighted by Gasteiger charge is -2.45. The van der Waals surface area contributed by atoms with Gasteiger partial charge in [-0.1, -0.05) is 19.8 Å². The molecule has 1 fully saturated rings. The molecule has 1 aliphatic heterocycles. The van der Waals surface area contributed by atoms with Crippen LogP contribution in [0.15, 0.2) is 11.8 Å². The van der Waals surface area contributed by atoms with E-state index in [1.54, 1.807) is 0 Å². The molecular formula is C15H27NO2. The van der Waals surface area contributed by atoms with Gasteiger partial charge in [-0.15, -0.1) is 0 Å². The summed E-state index contributed by atoms with van der Waals surface area (Å²) in [5.41, 5.74) is 1.33. The smallest absolute Gasteiger partial charge is 0.0876 e. The predicted molar refractivity (Wildman–Crippen MR) is 73.5 cm³/mol. The summed E-state index contributed by atoms with van der Waals surface area (Å²) in [5.74, 6) is 0.750. The Hall–Kier alpha value is -0.540. The zero-order chi connectivity index (χ0) is 13.0. The molecule has 3 nitrogen and oxygen atoms in total. The van der Waals surface area contributed by atoms with Gasteiger partial charge in [-0.05, 0) is 44.2 Å². The fourth-order valence-electron chi connectivity index (χ4n) is 3.69. The number of hydrogen-bond donors (Lipinski definition) is 1. The molecule has 1 heterocycles. The Bertz CT molecular complexity index is 303. The summed E-state index contributed by atoms with van der Waals surface area (Å²) in [5, 5.41) is 3.48. The first-order chi connectivity index (χ1) is 8.72. The van der Waals surface area contributed by atoms with E-state index >= 15 is 0 Å². The van der Waals surface area contributed by atoms with Crippen molar-refractivity contribution >= 4 is 0 Å². The molecule has 0 aromatic heterocycles. The highest BCUT2D eigenvalue weighted by Crippen LogP contribution is 2.40. The fraction of sp³-hybridized carbons (Fsp3) is 0.867. The predicted octanol–water partition coefficient (Wildman–Crippen LogP) is 2.86. The number of nitrogens with one attached hydrogen (secondary N) is 1. The van der Waals surface area contributed by atoms with E-state index in [-0.39, 0.29) is 5.60 Å². The lowest BCUT2D eigenvalue weighted by atomic mass is 9.72. The van der Waals surface area contributed by atoms with E-state index in [4.69, 9.17) is 9.47 Å². The molecule has 1 saturated carbocycles. The Kier molecular flexibility index (Phi) is 4.68. The highest BCUT2D eigenvalue weighted by molar-refractivity contribution is 5.18. The van der Waals surface area contributed by atoms with Crippen LogP contribution >= 0.6 is 0 Å². The van der Waals surface area contributed by atoms with E-state index in [2.05, 4.69) is 12.2 Å². The second-order valence-corrected chi connectivity index (χ2v) is 5.86. The number of likely N-dealkylation sites (N-methyl/N-ethyl adjacent to an activating group) is 1. The van der Waals surface area contributed by atoms with Gasteiger partial charge in [0.05, 0.1) is 24.5 Å². The third-order valence-corrected chi connectivity index (χ3v) is 4.55. The molecule has 104 valence electrons. The minimum Gasteiger partial charge on any atom is -0.501 e. The quantitative estimate of drug-likeness (QED) is 0.835. The second-order valence-electron chi connectivity index (χ2n) is 5.86. The van der Waals surface area contributed by atoms with E-state index in [1.807, 2.05) is 20.4 Å². The molecule has 0 saturated heterocycles. The Morgan fingerprint density at radius 2 is 2.33 bits per heavy atom. The number of hydrogen-bond acceptors (Lipinski definition) is 3. The van der Waals surface area contributed by atoms with Crippen molar-refractivity contribution in [1.82, 2.24) is 5.32 Å². The fourth-order valence-corrected chi connectivity index (χ4v) is 3.69. The van der Waals surface area contributed by atoms with Crippen LogP contribution in [0.5, 0.6) is 0 Å².